The minimum Gasteiger partial charge on any atom is -0.508 e. The average molecular weight is 385 g/mol. The second kappa shape index (κ2) is 7.30. The summed E-state index contributed by atoms with van der Waals surface area (Å²) in [5.41, 5.74) is 0.675. The van der Waals surface area contributed by atoms with Crippen LogP contribution in [0.5, 0.6) is 5.75 Å². The van der Waals surface area contributed by atoms with Crippen LogP contribution < -0.4 is 5.63 Å². The first kappa shape index (κ1) is 18.5. The number of phenolic OH excluding ortho intramolecular Hbond substituents is 1. The van der Waals surface area contributed by atoms with Crippen LogP contribution in [0.1, 0.15) is 43.2 Å². The smallest absolute Gasteiger partial charge is 0.336 e. The van der Waals surface area contributed by atoms with Crippen LogP contribution in [0.3, 0.4) is 0 Å². The second-order valence-electron chi connectivity index (χ2n) is 7.67. The predicted molar refractivity (Wildman–Crippen MR) is 101 cm³/mol. The molecule has 0 spiro atoms. The minimum atomic E-state index is -0.573. The van der Waals surface area contributed by atoms with Gasteiger partial charge in [0.2, 0.25) is 5.91 Å². The Kier molecular flexibility index (Phi) is 4.83. The first-order valence-corrected chi connectivity index (χ1v) is 9.65. The highest BCUT2D eigenvalue weighted by atomic mass is 16.5. The first-order chi connectivity index (χ1) is 13.4. The van der Waals surface area contributed by atoms with Crippen LogP contribution >= 0.6 is 0 Å². The van der Waals surface area contributed by atoms with Gasteiger partial charge >= 0.3 is 11.6 Å². The Hall–Kier alpha value is -2.83. The molecule has 1 amide bonds. The van der Waals surface area contributed by atoms with E-state index >= 15 is 0 Å². The van der Waals surface area contributed by atoms with Crippen molar-refractivity contribution < 1.29 is 23.8 Å². The summed E-state index contributed by atoms with van der Waals surface area (Å²) in [5, 5.41) is 10.4. The number of amides is 1. The molecule has 0 radical (unpaired) electrons. The van der Waals surface area contributed by atoms with Gasteiger partial charge in [0.15, 0.2) is 0 Å². The van der Waals surface area contributed by atoms with Crippen LogP contribution in [-0.4, -0.2) is 34.5 Å². The number of rotatable bonds is 4. The highest BCUT2D eigenvalue weighted by Crippen LogP contribution is 2.31. The van der Waals surface area contributed by atoms with Crippen molar-refractivity contribution in [2.24, 2.45) is 5.92 Å². The first-order valence-electron chi connectivity index (χ1n) is 9.65. The van der Waals surface area contributed by atoms with Gasteiger partial charge in [0.1, 0.15) is 17.9 Å². The van der Waals surface area contributed by atoms with E-state index in [9.17, 15) is 19.5 Å². The molecule has 1 aliphatic carbocycles. The molecule has 148 valence electrons. The fraction of sp³-hybridized carbons (Fsp3) is 0.476. The standard InChI is InChI=1S/C21H23NO6/c1-12-17(23)7-6-16-14(9-19(25)28-20(12)16)11-27-21(26)13-8-18(24)22(10-13)15-4-2-3-5-15/h6-7,9,13,15,23H,2-5,8,10-11H2,1H3/t13-/m0/s1. The van der Waals surface area contributed by atoms with E-state index in [1.54, 1.807) is 13.0 Å². The monoisotopic (exact) mass is 385 g/mol. The molecule has 7 heteroatoms. The molecule has 28 heavy (non-hydrogen) atoms. The van der Waals surface area contributed by atoms with E-state index in [0.717, 1.165) is 25.7 Å². The Bertz CT molecular complexity index is 988. The molecule has 1 aliphatic heterocycles. The third-order valence-corrected chi connectivity index (χ3v) is 5.85. The van der Waals surface area contributed by atoms with Gasteiger partial charge < -0.3 is 19.2 Å². The van der Waals surface area contributed by atoms with Crippen molar-refractivity contribution >= 4 is 22.8 Å². The van der Waals surface area contributed by atoms with Gasteiger partial charge in [-0.25, -0.2) is 4.79 Å². The summed E-state index contributed by atoms with van der Waals surface area (Å²) in [5.74, 6) is -0.844. The zero-order valence-electron chi connectivity index (χ0n) is 15.8. The molecular weight excluding hydrogens is 362 g/mol. The summed E-state index contributed by atoms with van der Waals surface area (Å²) < 4.78 is 10.6. The molecule has 0 bridgehead atoms. The maximum atomic E-state index is 12.5. The Balaban J connectivity index is 1.47. The molecule has 2 heterocycles. The molecule has 7 nitrogen and oxygen atoms in total. The Morgan fingerprint density at radius 1 is 1.29 bits per heavy atom. The summed E-state index contributed by atoms with van der Waals surface area (Å²) >= 11 is 0. The zero-order valence-corrected chi connectivity index (χ0v) is 15.8. The molecule has 1 atom stereocenters. The predicted octanol–water partition coefficient (Wildman–Crippen LogP) is 2.64. The average Bonchev–Trinajstić information content (AvgIpc) is 3.32. The largest absolute Gasteiger partial charge is 0.508 e. The van der Waals surface area contributed by atoms with Crippen molar-refractivity contribution in [2.45, 2.75) is 51.7 Å². The van der Waals surface area contributed by atoms with Gasteiger partial charge in [-0.15, -0.1) is 0 Å². The van der Waals surface area contributed by atoms with Crippen molar-refractivity contribution in [3.8, 4) is 5.75 Å². The number of nitrogens with zero attached hydrogens (tertiary/aromatic N) is 1. The SMILES string of the molecule is Cc1c(O)ccc2c(COC(=O)[C@H]3CC(=O)N(C4CCCC4)C3)cc(=O)oc12. The fourth-order valence-corrected chi connectivity index (χ4v) is 4.26. The van der Waals surface area contributed by atoms with Crippen LogP contribution in [0, 0.1) is 12.8 Å². The molecule has 2 fully saturated rings. The fourth-order valence-electron chi connectivity index (χ4n) is 4.26. The Morgan fingerprint density at radius 2 is 2.04 bits per heavy atom. The van der Waals surface area contributed by atoms with Gasteiger partial charge in [0, 0.05) is 41.6 Å². The number of aromatic hydroxyl groups is 1. The quantitative estimate of drug-likeness (QED) is 0.642. The van der Waals surface area contributed by atoms with Crippen LogP contribution in [-0.2, 0) is 20.9 Å². The number of ether oxygens (including phenoxy) is 1. The van der Waals surface area contributed by atoms with Gasteiger partial charge in [-0.1, -0.05) is 12.8 Å². The molecule has 1 saturated carbocycles. The molecule has 1 aromatic heterocycles. The maximum absolute atomic E-state index is 12.5. The number of aryl methyl sites for hydroxylation is 1. The zero-order chi connectivity index (χ0) is 19.8. The van der Waals surface area contributed by atoms with Gasteiger partial charge in [-0.05, 0) is 31.9 Å². The number of benzene rings is 1. The van der Waals surface area contributed by atoms with Crippen LogP contribution in [0.4, 0.5) is 0 Å². The summed E-state index contributed by atoms with van der Waals surface area (Å²) in [6.07, 6.45) is 4.45. The van der Waals surface area contributed by atoms with Gasteiger partial charge in [0.25, 0.3) is 0 Å². The lowest BCUT2D eigenvalue weighted by atomic mass is 10.1. The number of carbonyl (C=O) groups excluding carboxylic acids is 2. The Labute approximate surface area is 161 Å². The van der Waals surface area contributed by atoms with Crippen LogP contribution in [0.25, 0.3) is 11.0 Å². The van der Waals surface area contributed by atoms with Crippen molar-refractivity contribution in [2.75, 3.05) is 6.54 Å². The van der Waals surface area contributed by atoms with E-state index in [-0.39, 0.29) is 36.3 Å². The van der Waals surface area contributed by atoms with E-state index in [4.69, 9.17) is 9.15 Å². The molecule has 1 saturated heterocycles. The van der Waals surface area contributed by atoms with E-state index in [1.807, 2.05) is 4.90 Å². The van der Waals surface area contributed by atoms with Crippen molar-refractivity contribution in [3.05, 3.63) is 39.7 Å². The topological polar surface area (TPSA) is 97.0 Å². The molecule has 2 aromatic rings. The molecule has 2 aliphatic rings. The van der Waals surface area contributed by atoms with E-state index in [2.05, 4.69) is 0 Å². The third kappa shape index (κ3) is 3.37. The number of likely N-dealkylation sites (tertiary alicyclic amines) is 1. The number of fused-ring (bicyclic) bond motifs is 1. The van der Waals surface area contributed by atoms with Gasteiger partial charge in [-0.2, -0.15) is 0 Å². The van der Waals surface area contributed by atoms with Crippen LogP contribution in [0.15, 0.2) is 27.4 Å². The molecule has 0 unspecified atom stereocenters. The summed E-state index contributed by atoms with van der Waals surface area (Å²) in [6.45, 7) is 1.98. The lowest BCUT2D eigenvalue weighted by Crippen LogP contribution is -2.35. The minimum absolute atomic E-state index is 0.0192. The van der Waals surface area contributed by atoms with Gasteiger partial charge in [-0.3, -0.25) is 9.59 Å². The Morgan fingerprint density at radius 3 is 2.79 bits per heavy atom. The molecule has 1 N–H and O–H groups in total. The van der Waals surface area contributed by atoms with E-state index < -0.39 is 17.5 Å². The summed E-state index contributed by atoms with van der Waals surface area (Å²) in [7, 11) is 0. The van der Waals surface area contributed by atoms with Crippen molar-refractivity contribution in [1.29, 1.82) is 0 Å². The van der Waals surface area contributed by atoms with Gasteiger partial charge in [0.05, 0.1) is 5.92 Å². The molecule has 1 aromatic carbocycles. The third-order valence-electron chi connectivity index (χ3n) is 5.85. The van der Waals surface area contributed by atoms with Crippen molar-refractivity contribution in [1.82, 2.24) is 4.90 Å². The molecular formula is C21H23NO6. The number of carbonyl (C=O) groups is 2. The maximum Gasteiger partial charge on any atom is 0.336 e. The summed E-state index contributed by atoms with van der Waals surface area (Å²) in [4.78, 5) is 38.5. The second-order valence-corrected chi connectivity index (χ2v) is 7.67. The van der Waals surface area contributed by atoms with E-state index in [1.165, 1.54) is 12.1 Å². The normalized spacial score (nSPS) is 20.2. The number of esters is 1. The number of hydrogen-bond donors (Lipinski definition) is 1. The lowest BCUT2D eigenvalue weighted by molar-refractivity contribution is -0.149. The van der Waals surface area contributed by atoms with Crippen molar-refractivity contribution in [3.63, 3.8) is 0 Å². The van der Waals surface area contributed by atoms with E-state index in [0.29, 0.717) is 23.1 Å². The highest BCUT2D eigenvalue weighted by Gasteiger charge is 2.39. The highest BCUT2D eigenvalue weighted by molar-refractivity contribution is 5.87. The van der Waals surface area contributed by atoms with Crippen LogP contribution in [0.2, 0.25) is 0 Å². The molecule has 4 rings (SSSR count). The number of phenols is 1. The summed E-state index contributed by atoms with van der Waals surface area (Å²) in [6, 6.07) is 4.68. The number of hydrogen-bond acceptors (Lipinski definition) is 6. The lowest BCUT2D eigenvalue weighted by Gasteiger charge is -2.23.